The van der Waals surface area contributed by atoms with Crippen LogP contribution in [0.4, 0.5) is 4.39 Å². The molecule has 0 aliphatic rings. The molecule has 0 amide bonds. The smallest absolute Gasteiger partial charge is 0.136 e. The molecule has 0 spiro atoms. The molecule has 5 heteroatoms. The Hall–Kier alpha value is -1.46. The second kappa shape index (κ2) is 7.97. The van der Waals surface area contributed by atoms with Gasteiger partial charge in [-0.05, 0) is 25.1 Å². The first-order chi connectivity index (χ1) is 9.81. The third-order valence-electron chi connectivity index (χ3n) is 2.87. The SMILES string of the molecule is CCCNC(CSc1ccccc1F)c1cncnc1. The van der Waals surface area contributed by atoms with Crippen molar-refractivity contribution < 1.29 is 4.39 Å². The van der Waals surface area contributed by atoms with Gasteiger partial charge in [-0.1, -0.05) is 19.1 Å². The molecule has 0 saturated carbocycles. The van der Waals surface area contributed by atoms with Gasteiger partial charge in [-0.3, -0.25) is 0 Å². The quantitative estimate of drug-likeness (QED) is 0.793. The first kappa shape index (κ1) is 14.9. The van der Waals surface area contributed by atoms with Gasteiger partial charge in [-0.25, -0.2) is 14.4 Å². The summed E-state index contributed by atoms with van der Waals surface area (Å²) in [6, 6.07) is 6.98. The minimum absolute atomic E-state index is 0.126. The van der Waals surface area contributed by atoms with Gasteiger partial charge in [0, 0.05) is 34.6 Å². The monoisotopic (exact) mass is 291 g/mol. The fourth-order valence-electron chi connectivity index (χ4n) is 1.82. The fraction of sp³-hybridized carbons (Fsp3) is 0.333. The van der Waals surface area contributed by atoms with Crippen molar-refractivity contribution in [3.63, 3.8) is 0 Å². The predicted octanol–water partition coefficient (Wildman–Crippen LogP) is 3.45. The van der Waals surface area contributed by atoms with Gasteiger partial charge in [0.1, 0.15) is 12.1 Å². The van der Waals surface area contributed by atoms with E-state index in [0.717, 1.165) is 24.3 Å². The Balaban J connectivity index is 2.03. The molecule has 2 rings (SSSR count). The van der Waals surface area contributed by atoms with Gasteiger partial charge in [-0.2, -0.15) is 0 Å². The number of benzene rings is 1. The van der Waals surface area contributed by atoms with E-state index in [1.165, 1.54) is 24.2 Å². The first-order valence-electron chi connectivity index (χ1n) is 6.67. The molecule has 20 heavy (non-hydrogen) atoms. The van der Waals surface area contributed by atoms with Crippen LogP contribution in [-0.2, 0) is 0 Å². The van der Waals surface area contributed by atoms with Crippen LogP contribution >= 0.6 is 11.8 Å². The van der Waals surface area contributed by atoms with E-state index in [4.69, 9.17) is 0 Å². The summed E-state index contributed by atoms with van der Waals surface area (Å²) in [4.78, 5) is 8.78. The van der Waals surface area contributed by atoms with Gasteiger partial charge in [-0.15, -0.1) is 11.8 Å². The molecule has 3 nitrogen and oxygen atoms in total. The van der Waals surface area contributed by atoms with Crippen LogP contribution in [0.2, 0.25) is 0 Å². The molecular formula is C15H18FN3S. The van der Waals surface area contributed by atoms with Crippen LogP contribution in [-0.4, -0.2) is 22.3 Å². The van der Waals surface area contributed by atoms with Gasteiger partial charge in [0.25, 0.3) is 0 Å². The molecule has 0 radical (unpaired) electrons. The van der Waals surface area contributed by atoms with Gasteiger partial charge in [0.2, 0.25) is 0 Å². The molecule has 2 aromatic rings. The van der Waals surface area contributed by atoms with Crippen molar-refractivity contribution in [2.45, 2.75) is 24.3 Å². The van der Waals surface area contributed by atoms with E-state index in [9.17, 15) is 4.39 Å². The van der Waals surface area contributed by atoms with E-state index < -0.39 is 0 Å². The van der Waals surface area contributed by atoms with Crippen molar-refractivity contribution in [3.05, 3.63) is 54.4 Å². The fourth-order valence-corrected chi connectivity index (χ4v) is 2.85. The van der Waals surface area contributed by atoms with Gasteiger partial charge in [0.05, 0.1) is 0 Å². The van der Waals surface area contributed by atoms with Crippen molar-refractivity contribution in [2.75, 3.05) is 12.3 Å². The second-order valence-corrected chi connectivity index (χ2v) is 5.48. The molecule has 1 aromatic heterocycles. The highest BCUT2D eigenvalue weighted by Gasteiger charge is 2.13. The highest BCUT2D eigenvalue weighted by Crippen LogP contribution is 2.26. The van der Waals surface area contributed by atoms with Gasteiger partial charge >= 0.3 is 0 Å². The normalized spacial score (nSPS) is 12.3. The Kier molecular flexibility index (Phi) is 5.95. The van der Waals surface area contributed by atoms with E-state index in [0.29, 0.717) is 4.90 Å². The molecule has 0 bridgehead atoms. The molecule has 0 aliphatic carbocycles. The van der Waals surface area contributed by atoms with E-state index in [1.54, 1.807) is 12.1 Å². The highest BCUT2D eigenvalue weighted by atomic mass is 32.2. The molecule has 1 N–H and O–H groups in total. The minimum atomic E-state index is -0.170. The molecular weight excluding hydrogens is 273 g/mol. The molecule has 0 fully saturated rings. The number of thioether (sulfide) groups is 1. The van der Waals surface area contributed by atoms with Crippen LogP contribution in [0.1, 0.15) is 24.9 Å². The molecule has 0 aliphatic heterocycles. The first-order valence-corrected chi connectivity index (χ1v) is 7.65. The second-order valence-electron chi connectivity index (χ2n) is 4.42. The number of rotatable bonds is 7. The average molecular weight is 291 g/mol. The molecule has 1 atom stereocenters. The number of hydrogen-bond acceptors (Lipinski definition) is 4. The Bertz CT molecular complexity index is 522. The largest absolute Gasteiger partial charge is 0.309 e. The summed E-state index contributed by atoms with van der Waals surface area (Å²) in [7, 11) is 0. The van der Waals surface area contributed by atoms with E-state index in [-0.39, 0.29) is 11.9 Å². The summed E-state index contributed by atoms with van der Waals surface area (Å²) < 4.78 is 13.6. The lowest BCUT2D eigenvalue weighted by Crippen LogP contribution is -2.24. The summed E-state index contributed by atoms with van der Waals surface area (Å²) in [6.07, 6.45) is 6.18. The lowest BCUT2D eigenvalue weighted by atomic mass is 10.2. The maximum absolute atomic E-state index is 13.6. The topological polar surface area (TPSA) is 37.8 Å². The van der Waals surface area contributed by atoms with Crippen LogP contribution in [0.25, 0.3) is 0 Å². The van der Waals surface area contributed by atoms with Crippen LogP contribution in [0.15, 0.2) is 47.9 Å². The lowest BCUT2D eigenvalue weighted by Gasteiger charge is -2.18. The Morgan fingerprint density at radius 2 is 2.00 bits per heavy atom. The van der Waals surface area contributed by atoms with Crippen molar-refractivity contribution in [2.24, 2.45) is 0 Å². The van der Waals surface area contributed by atoms with E-state index >= 15 is 0 Å². The zero-order chi connectivity index (χ0) is 14.2. The van der Waals surface area contributed by atoms with Crippen molar-refractivity contribution in [3.8, 4) is 0 Å². The number of halogens is 1. The standard InChI is InChI=1S/C15H18FN3S/c1-2-7-19-14(12-8-17-11-18-9-12)10-20-15-6-4-3-5-13(15)16/h3-6,8-9,11,14,19H,2,7,10H2,1H3. The molecule has 0 saturated heterocycles. The van der Waals surface area contributed by atoms with Crippen LogP contribution < -0.4 is 5.32 Å². The van der Waals surface area contributed by atoms with Gasteiger partial charge in [0.15, 0.2) is 0 Å². The summed E-state index contributed by atoms with van der Waals surface area (Å²) in [6.45, 7) is 3.03. The molecule has 106 valence electrons. The van der Waals surface area contributed by atoms with Crippen LogP contribution in [0.3, 0.4) is 0 Å². The molecule has 1 aromatic carbocycles. The summed E-state index contributed by atoms with van der Waals surface area (Å²) in [5, 5.41) is 3.45. The zero-order valence-electron chi connectivity index (χ0n) is 11.4. The number of nitrogens with zero attached hydrogens (tertiary/aromatic N) is 2. The lowest BCUT2D eigenvalue weighted by molar-refractivity contribution is 0.572. The summed E-state index contributed by atoms with van der Waals surface area (Å²) in [5.41, 5.74) is 1.03. The van der Waals surface area contributed by atoms with Crippen molar-refractivity contribution >= 4 is 11.8 Å². The summed E-state index contributed by atoms with van der Waals surface area (Å²) in [5.74, 6) is 0.574. The maximum atomic E-state index is 13.6. The number of aromatic nitrogens is 2. The maximum Gasteiger partial charge on any atom is 0.136 e. The summed E-state index contributed by atoms with van der Waals surface area (Å²) >= 11 is 1.51. The highest BCUT2D eigenvalue weighted by molar-refractivity contribution is 7.99. The predicted molar refractivity (Wildman–Crippen MR) is 80.2 cm³/mol. The van der Waals surface area contributed by atoms with Crippen molar-refractivity contribution in [1.29, 1.82) is 0 Å². The van der Waals surface area contributed by atoms with E-state index in [1.807, 2.05) is 18.5 Å². The third kappa shape index (κ3) is 4.28. The third-order valence-corrected chi connectivity index (χ3v) is 4.01. The molecule has 1 unspecified atom stereocenters. The Labute approximate surface area is 123 Å². The molecule has 1 heterocycles. The minimum Gasteiger partial charge on any atom is -0.309 e. The van der Waals surface area contributed by atoms with Gasteiger partial charge < -0.3 is 5.32 Å². The zero-order valence-corrected chi connectivity index (χ0v) is 12.2. The average Bonchev–Trinajstić information content (AvgIpc) is 2.50. The van der Waals surface area contributed by atoms with Crippen LogP contribution in [0, 0.1) is 5.82 Å². The van der Waals surface area contributed by atoms with E-state index in [2.05, 4.69) is 22.2 Å². The van der Waals surface area contributed by atoms with Crippen molar-refractivity contribution in [1.82, 2.24) is 15.3 Å². The Morgan fingerprint density at radius 1 is 1.25 bits per heavy atom. The van der Waals surface area contributed by atoms with Crippen LogP contribution in [0.5, 0.6) is 0 Å². The Morgan fingerprint density at radius 3 is 2.70 bits per heavy atom. The number of nitrogens with one attached hydrogen (secondary N) is 1. The number of hydrogen-bond donors (Lipinski definition) is 1.